The van der Waals surface area contributed by atoms with Crippen LogP contribution >= 0.6 is 0 Å². The van der Waals surface area contributed by atoms with Gasteiger partial charge in [-0.3, -0.25) is 0 Å². The summed E-state index contributed by atoms with van der Waals surface area (Å²) < 4.78 is 5.24. The van der Waals surface area contributed by atoms with Crippen LogP contribution in [-0.2, 0) is 10.2 Å². The number of ether oxygens (including phenoxy) is 1. The van der Waals surface area contributed by atoms with Crippen molar-refractivity contribution in [2.75, 3.05) is 13.2 Å². The Morgan fingerprint density at radius 1 is 1.24 bits per heavy atom. The fourth-order valence-electron chi connectivity index (χ4n) is 3.00. The largest absolute Gasteiger partial charge is 0.378 e. The molecule has 0 saturated carbocycles. The zero-order chi connectivity index (χ0) is 11.9. The van der Waals surface area contributed by atoms with Gasteiger partial charge in [0.2, 0.25) is 0 Å². The molecule has 1 atom stereocenters. The summed E-state index contributed by atoms with van der Waals surface area (Å²) in [5, 5.41) is 3.72. The van der Waals surface area contributed by atoms with Gasteiger partial charge in [-0.25, -0.2) is 0 Å². The van der Waals surface area contributed by atoms with Crippen molar-refractivity contribution in [1.29, 1.82) is 0 Å². The highest BCUT2D eigenvalue weighted by Crippen LogP contribution is 2.41. The average molecular weight is 231 g/mol. The van der Waals surface area contributed by atoms with E-state index in [9.17, 15) is 0 Å². The van der Waals surface area contributed by atoms with Crippen LogP contribution in [0.5, 0.6) is 0 Å². The third-order valence-corrected chi connectivity index (χ3v) is 4.20. The maximum atomic E-state index is 5.24. The highest BCUT2D eigenvalue weighted by atomic mass is 16.5. The molecule has 1 heterocycles. The Bertz CT molecular complexity index is 409. The van der Waals surface area contributed by atoms with Crippen molar-refractivity contribution < 1.29 is 4.74 Å². The molecule has 2 nitrogen and oxygen atoms in total. The first-order chi connectivity index (χ1) is 8.17. The molecule has 0 spiro atoms. The van der Waals surface area contributed by atoms with Gasteiger partial charge >= 0.3 is 0 Å². The Balaban J connectivity index is 1.88. The van der Waals surface area contributed by atoms with Gasteiger partial charge in [0.25, 0.3) is 0 Å². The predicted octanol–water partition coefficient (Wildman–Crippen LogP) is 2.79. The minimum atomic E-state index is 0.324. The van der Waals surface area contributed by atoms with E-state index >= 15 is 0 Å². The molecule has 1 N–H and O–H groups in total. The Hall–Kier alpha value is -0.860. The number of hydrogen-bond donors (Lipinski definition) is 1. The number of benzene rings is 1. The molecule has 0 radical (unpaired) electrons. The summed E-state index contributed by atoms with van der Waals surface area (Å²) >= 11 is 0. The first kappa shape index (κ1) is 11.2. The molecular weight excluding hydrogens is 210 g/mol. The molecule has 1 aliphatic heterocycles. The number of rotatable bonds is 2. The molecule has 1 aromatic carbocycles. The van der Waals surface area contributed by atoms with E-state index in [-0.39, 0.29) is 0 Å². The predicted molar refractivity (Wildman–Crippen MR) is 69.2 cm³/mol. The summed E-state index contributed by atoms with van der Waals surface area (Å²) in [6.45, 7) is 6.47. The second kappa shape index (κ2) is 4.11. The number of nitrogens with one attached hydrogen (secondary N) is 1. The number of hydrogen-bond acceptors (Lipinski definition) is 2. The van der Waals surface area contributed by atoms with E-state index in [1.807, 2.05) is 0 Å². The number of fused-ring (bicyclic) bond motifs is 1. The quantitative estimate of drug-likeness (QED) is 0.845. The van der Waals surface area contributed by atoms with E-state index in [0.29, 0.717) is 17.5 Å². The van der Waals surface area contributed by atoms with E-state index in [2.05, 4.69) is 43.4 Å². The lowest BCUT2D eigenvalue weighted by Gasteiger charge is -2.40. The standard InChI is InChI=1S/C15H21NO/c1-15(2)8-7-14(16-11-9-17-10-11)12-5-3-4-6-13(12)15/h3-6,11,14,16H,7-10H2,1-2H3. The molecular formula is C15H21NO. The lowest BCUT2D eigenvalue weighted by molar-refractivity contribution is -0.0115. The molecule has 3 rings (SSSR count). The molecule has 2 aliphatic rings. The van der Waals surface area contributed by atoms with Crippen LogP contribution in [0.4, 0.5) is 0 Å². The molecule has 17 heavy (non-hydrogen) atoms. The highest BCUT2D eigenvalue weighted by molar-refractivity contribution is 5.38. The fourth-order valence-corrected chi connectivity index (χ4v) is 3.00. The van der Waals surface area contributed by atoms with E-state index < -0.39 is 0 Å². The van der Waals surface area contributed by atoms with Gasteiger partial charge in [0.15, 0.2) is 0 Å². The summed E-state index contributed by atoms with van der Waals surface area (Å²) in [5.41, 5.74) is 3.34. The zero-order valence-corrected chi connectivity index (χ0v) is 10.7. The molecule has 1 saturated heterocycles. The van der Waals surface area contributed by atoms with E-state index in [1.54, 1.807) is 0 Å². The van der Waals surface area contributed by atoms with Gasteiger partial charge in [0.05, 0.1) is 19.3 Å². The van der Waals surface area contributed by atoms with Crippen LogP contribution in [0.2, 0.25) is 0 Å². The third-order valence-electron chi connectivity index (χ3n) is 4.20. The van der Waals surface area contributed by atoms with Gasteiger partial charge in [-0.15, -0.1) is 0 Å². The highest BCUT2D eigenvalue weighted by Gasteiger charge is 2.33. The van der Waals surface area contributed by atoms with Gasteiger partial charge in [-0.2, -0.15) is 0 Å². The lowest BCUT2D eigenvalue weighted by atomic mass is 9.71. The van der Waals surface area contributed by atoms with Crippen LogP contribution in [0, 0.1) is 0 Å². The van der Waals surface area contributed by atoms with Crippen molar-refractivity contribution in [1.82, 2.24) is 5.32 Å². The average Bonchev–Trinajstić information content (AvgIpc) is 2.26. The molecule has 92 valence electrons. The summed E-state index contributed by atoms with van der Waals surface area (Å²) in [7, 11) is 0. The minimum Gasteiger partial charge on any atom is -0.378 e. The summed E-state index contributed by atoms with van der Waals surface area (Å²) in [6.07, 6.45) is 2.50. The van der Waals surface area contributed by atoms with Crippen LogP contribution in [0.15, 0.2) is 24.3 Å². The maximum absolute atomic E-state index is 5.24. The molecule has 0 bridgehead atoms. The molecule has 1 aromatic rings. The molecule has 0 aromatic heterocycles. The minimum absolute atomic E-state index is 0.324. The monoisotopic (exact) mass is 231 g/mol. The summed E-state index contributed by atoms with van der Waals surface area (Å²) in [6, 6.07) is 9.98. The van der Waals surface area contributed by atoms with Crippen LogP contribution in [0.3, 0.4) is 0 Å². The maximum Gasteiger partial charge on any atom is 0.0643 e. The van der Waals surface area contributed by atoms with Gasteiger partial charge in [-0.05, 0) is 29.4 Å². The third kappa shape index (κ3) is 2.00. The summed E-state index contributed by atoms with van der Waals surface area (Å²) in [5.74, 6) is 0. The molecule has 1 aliphatic carbocycles. The van der Waals surface area contributed by atoms with E-state index in [4.69, 9.17) is 4.74 Å². The topological polar surface area (TPSA) is 21.3 Å². The SMILES string of the molecule is CC1(C)CCC(NC2COC2)c2ccccc21. The van der Waals surface area contributed by atoms with Crippen LogP contribution in [0.25, 0.3) is 0 Å². The van der Waals surface area contributed by atoms with E-state index in [1.165, 1.54) is 24.0 Å². The van der Waals surface area contributed by atoms with Gasteiger partial charge in [-0.1, -0.05) is 38.1 Å². The Labute approximate surface area is 103 Å². The first-order valence-electron chi connectivity index (χ1n) is 6.60. The molecule has 2 heteroatoms. The molecule has 0 amide bonds. The van der Waals surface area contributed by atoms with Crippen LogP contribution in [0.1, 0.15) is 43.9 Å². The fraction of sp³-hybridized carbons (Fsp3) is 0.600. The van der Waals surface area contributed by atoms with Crippen molar-refractivity contribution in [3.8, 4) is 0 Å². The normalized spacial score (nSPS) is 27.3. The first-order valence-corrected chi connectivity index (χ1v) is 6.60. The Kier molecular flexibility index (Phi) is 2.72. The smallest absolute Gasteiger partial charge is 0.0643 e. The van der Waals surface area contributed by atoms with Crippen molar-refractivity contribution in [2.24, 2.45) is 0 Å². The Morgan fingerprint density at radius 3 is 2.71 bits per heavy atom. The van der Waals surface area contributed by atoms with Crippen molar-refractivity contribution in [3.05, 3.63) is 35.4 Å². The van der Waals surface area contributed by atoms with Crippen molar-refractivity contribution in [2.45, 2.75) is 44.2 Å². The van der Waals surface area contributed by atoms with Crippen molar-refractivity contribution >= 4 is 0 Å². The van der Waals surface area contributed by atoms with E-state index in [0.717, 1.165) is 13.2 Å². The molecule has 1 unspecified atom stereocenters. The Morgan fingerprint density at radius 2 is 2.00 bits per heavy atom. The zero-order valence-electron chi connectivity index (χ0n) is 10.7. The molecule has 1 fully saturated rings. The second-order valence-corrected chi connectivity index (χ2v) is 5.96. The van der Waals surface area contributed by atoms with Gasteiger partial charge in [0, 0.05) is 6.04 Å². The lowest BCUT2D eigenvalue weighted by Crippen LogP contribution is -2.48. The van der Waals surface area contributed by atoms with Gasteiger partial charge < -0.3 is 10.1 Å². The van der Waals surface area contributed by atoms with Crippen LogP contribution < -0.4 is 5.32 Å². The van der Waals surface area contributed by atoms with Crippen molar-refractivity contribution in [3.63, 3.8) is 0 Å². The second-order valence-electron chi connectivity index (χ2n) is 5.96. The van der Waals surface area contributed by atoms with Gasteiger partial charge in [0.1, 0.15) is 0 Å². The van der Waals surface area contributed by atoms with Crippen LogP contribution in [-0.4, -0.2) is 19.3 Å². The summed E-state index contributed by atoms with van der Waals surface area (Å²) in [4.78, 5) is 0.